The molecule has 0 radical (unpaired) electrons. The Hall–Kier alpha value is -0.580. The molecule has 0 aliphatic rings. The zero-order chi connectivity index (χ0) is 14.4. The molecule has 0 heterocycles. The lowest BCUT2D eigenvalue weighted by atomic mass is 10.0. The van der Waals surface area contributed by atoms with Gasteiger partial charge >= 0.3 is 0 Å². The Morgan fingerprint density at radius 2 is 2.05 bits per heavy atom. The molecule has 0 aliphatic carbocycles. The Morgan fingerprint density at radius 3 is 2.53 bits per heavy atom. The third kappa shape index (κ3) is 4.20. The molecule has 1 atom stereocenters. The first-order valence-corrected chi connectivity index (χ1v) is 7.63. The van der Waals surface area contributed by atoms with Crippen molar-refractivity contribution >= 4 is 15.9 Å². The minimum Gasteiger partial charge on any atom is -0.497 e. The molecule has 0 bridgehead atoms. The van der Waals surface area contributed by atoms with E-state index in [2.05, 4.69) is 47.7 Å². The van der Waals surface area contributed by atoms with Crippen LogP contribution >= 0.6 is 15.9 Å². The summed E-state index contributed by atoms with van der Waals surface area (Å²) in [6.07, 6.45) is 1.12. The number of benzene rings is 1. The minimum absolute atomic E-state index is 0.212. The largest absolute Gasteiger partial charge is 0.497 e. The summed E-state index contributed by atoms with van der Waals surface area (Å²) in [7, 11) is 1.69. The van der Waals surface area contributed by atoms with E-state index in [9.17, 15) is 0 Å². The van der Waals surface area contributed by atoms with Crippen LogP contribution in [0.3, 0.4) is 0 Å². The van der Waals surface area contributed by atoms with Gasteiger partial charge in [-0.3, -0.25) is 4.90 Å². The van der Waals surface area contributed by atoms with Gasteiger partial charge in [0.25, 0.3) is 0 Å². The molecule has 0 saturated heterocycles. The lowest BCUT2D eigenvalue weighted by Gasteiger charge is -2.35. The number of hydrogen-bond donors (Lipinski definition) is 1. The molecule has 0 aliphatic heterocycles. The summed E-state index contributed by atoms with van der Waals surface area (Å²) in [6.45, 7) is 8.27. The summed E-state index contributed by atoms with van der Waals surface area (Å²) in [5, 5.41) is 0. The van der Waals surface area contributed by atoms with Crippen LogP contribution in [0.5, 0.6) is 5.75 Å². The van der Waals surface area contributed by atoms with Gasteiger partial charge in [0.2, 0.25) is 0 Å². The van der Waals surface area contributed by atoms with Gasteiger partial charge in [-0.25, -0.2) is 0 Å². The molecule has 1 unspecified atom stereocenters. The first-order chi connectivity index (χ1) is 9.04. The highest BCUT2D eigenvalue weighted by Gasteiger charge is 2.23. The minimum atomic E-state index is 0.212. The Balaban J connectivity index is 3.13. The predicted molar refractivity (Wildman–Crippen MR) is 84.6 cm³/mol. The van der Waals surface area contributed by atoms with Gasteiger partial charge in [-0.05, 0) is 50.6 Å². The van der Waals surface area contributed by atoms with Gasteiger partial charge in [-0.1, -0.05) is 22.9 Å². The molecule has 19 heavy (non-hydrogen) atoms. The van der Waals surface area contributed by atoms with E-state index in [0.717, 1.165) is 23.2 Å². The molecule has 0 aromatic heterocycles. The summed E-state index contributed by atoms with van der Waals surface area (Å²) >= 11 is 3.63. The zero-order valence-corrected chi connectivity index (χ0v) is 13.9. The van der Waals surface area contributed by atoms with Crippen LogP contribution in [0, 0.1) is 0 Å². The molecule has 1 aromatic carbocycles. The molecule has 108 valence electrons. The maximum Gasteiger partial charge on any atom is 0.119 e. The topological polar surface area (TPSA) is 38.5 Å². The van der Waals surface area contributed by atoms with E-state index in [4.69, 9.17) is 10.5 Å². The van der Waals surface area contributed by atoms with Crippen molar-refractivity contribution in [2.75, 3.05) is 20.2 Å². The Morgan fingerprint density at radius 1 is 1.37 bits per heavy atom. The van der Waals surface area contributed by atoms with Crippen LogP contribution in [0.2, 0.25) is 0 Å². The van der Waals surface area contributed by atoms with E-state index >= 15 is 0 Å². The fourth-order valence-electron chi connectivity index (χ4n) is 2.38. The summed E-state index contributed by atoms with van der Waals surface area (Å²) in [6, 6.07) is 6.74. The predicted octanol–water partition coefficient (Wildman–Crippen LogP) is 3.58. The van der Waals surface area contributed by atoms with Gasteiger partial charge < -0.3 is 10.5 Å². The number of halogens is 1. The average molecular weight is 329 g/mol. The molecule has 1 rings (SSSR count). The molecular formula is C15H25BrN2O. The summed E-state index contributed by atoms with van der Waals surface area (Å²) in [5.41, 5.74) is 7.23. The highest BCUT2D eigenvalue weighted by atomic mass is 79.9. The van der Waals surface area contributed by atoms with Gasteiger partial charge in [0.1, 0.15) is 5.75 Å². The number of ether oxygens (including phenoxy) is 1. The second kappa shape index (κ2) is 7.88. The molecule has 2 N–H and O–H groups in total. The summed E-state index contributed by atoms with van der Waals surface area (Å²) in [4.78, 5) is 2.44. The number of rotatable bonds is 7. The SMILES string of the molecule is CCCN(C(C)C)C(CN)c1cc(OC)ccc1Br. The molecule has 3 nitrogen and oxygen atoms in total. The Bertz CT molecular complexity index is 396. The van der Waals surface area contributed by atoms with Crippen molar-refractivity contribution in [1.82, 2.24) is 4.90 Å². The number of nitrogens with zero attached hydrogens (tertiary/aromatic N) is 1. The maximum absolute atomic E-state index is 6.03. The van der Waals surface area contributed by atoms with E-state index in [0.29, 0.717) is 12.6 Å². The molecule has 0 saturated carbocycles. The quantitative estimate of drug-likeness (QED) is 0.831. The van der Waals surface area contributed by atoms with Gasteiger partial charge in [0, 0.05) is 23.1 Å². The third-order valence-corrected chi connectivity index (χ3v) is 4.05. The van der Waals surface area contributed by atoms with Crippen LogP contribution in [0.4, 0.5) is 0 Å². The summed E-state index contributed by atoms with van der Waals surface area (Å²) < 4.78 is 6.41. The Kier molecular flexibility index (Phi) is 6.83. The monoisotopic (exact) mass is 328 g/mol. The van der Waals surface area contributed by atoms with Crippen molar-refractivity contribution in [2.45, 2.75) is 39.3 Å². The zero-order valence-electron chi connectivity index (χ0n) is 12.3. The second-order valence-electron chi connectivity index (χ2n) is 4.97. The van der Waals surface area contributed by atoms with Crippen LogP contribution < -0.4 is 10.5 Å². The van der Waals surface area contributed by atoms with E-state index in [1.165, 1.54) is 5.56 Å². The van der Waals surface area contributed by atoms with E-state index in [1.54, 1.807) is 7.11 Å². The lowest BCUT2D eigenvalue weighted by Crippen LogP contribution is -2.39. The van der Waals surface area contributed by atoms with Crippen molar-refractivity contribution in [1.29, 1.82) is 0 Å². The normalized spacial score (nSPS) is 13.1. The van der Waals surface area contributed by atoms with Gasteiger partial charge in [-0.2, -0.15) is 0 Å². The fraction of sp³-hybridized carbons (Fsp3) is 0.600. The first kappa shape index (κ1) is 16.5. The van der Waals surface area contributed by atoms with Crippen LogP contribution in [-0.2, 0) is 0 Å². The first-order valence-electron chi connectivity index (χ1n) is 6.84. The smallest absolute Gasteiger partial charge is 0.119 e. The van der Waals surface area contributed by atoms with Crippen LogP contribution in [0.25, 0.3) is 0 Å². The number of hydrogen-bond acceptors (Lipinski definition) is 3. The molecule has 0 fully saturated rings. The van der Waals surface area contributed by atoms with Crippen molar-refractivity contribution in [2.24, 2.45) is 5.73 Å². The fourth-order valence-corrected chi connectivity index (χ4v) is 2.89. The molecule has 4 heteroatoms. The van der Waals surface area contributed by atoms with Crippen molar-refractivity contribution in [3.8, 4) is 5.75 Å². The molecule has 1 aromatic rings. The van der Waals surface area contributed by atoms with Crippen molar-refractivity contribution < 1.29 is 4.74 Å². The van der Waals surface area contributed by atoms with E-state index in [1.807, 2.05) is 12.1 Å². The number of methoxy groups -OCH3 is 1. The molecular weight excluding hydrogens is 304 g/mol. The van der Waals surface area contributed by atoms with Gasteiger partial charge in [-0.15, -0.1) is 0 Å². The standard InChI is InChI=1S/C15H25BrN2O/c1-5-8-18(11(2)3)15(10-17)13-9-12(19-4)6-7-14(13)16/h6-7,9,11,15H,5,8,10,17H2,1-4H3. The van der Waals surface area contributed by atoms with Crippen LogP contribution in [-0.4, -0.2) is 31.1 Å². The van der Waals surface area contributed by atoms with Crippen LogP contribution in [0.1, 0.15) is 38.8 Å². The van der Waals surface area contributed by atoms with E-state index < -0.39 is 0 Å². The highest BCUT2D eigenvalue weighted by molar-refractivity contribution is 9.10. The lowest BCUT2D eigenvalue weighted by molar-refractivity contribution is 0.156. The molecule has 0 spiro atoms. The second-order valence-corrected chi connectivity index (χ2v) is 5.82. The van der Waals surface area contributed by atoms with Crippen molar-refractivity contribution in [3.63, 3.8) is 0 Å². The van der Waals surface area contributed by atoms with Crippen LogP contribution in [0.15, 0.2) is 22.7 Å². The van der Waals surface area contributed by atoms with Crippen molar-refractivity contribution in [3.05, 3.63) is 28.2 Å². The number of nitrogens with two attached hydrogens (primary N) is 1. The maximum atomic E-state index is 6.03. The molecule has 0 amide bonds. The highest BCUT2D eigenvalue weighted by Crippen LogP contribution is 2.31. The third-order valence-electron chi connectivity index (χ3n) is 3.33. The van der Waals surface area contributed by atoms with Gasteiger partial charge in [0.05, 0.1) is 7.11 Å². The average Bonchev–Trinajstić information content (AvgIpc) is 2.40. The summed E-state index contributed by atoms with van der Waals surface area (Å²) in [5.74, 6) is 0.872. The van der Waals surface area contributed by atoms with E-state index in [-0.39, 0.29) is 6.04 Å². The Labute approximate surface area is 125 Å². The van der Waals surface area contributed by atoms with Gasteiger partial charge in [0.15, 0.2) is 0 Å².